The molecule has 136 valence electrons. The van der Waals surface area contributed by atoms with Crippen molar-refractivity contribution in [3.8, 4) is 0 Å². The molecule has 1 unspecified atom stereocenters. The Morgan fingerprint density at radius 2 is 1.75 bits per heavy atom. The molecule has 0 radical (unpaired) electrons. The van der Waals surface area contributed by atoms with Gasteiger partial charge in [-0.25, -0.2) is 0 Å². The van der Waals surface area contributed by atoms with Crippen LogP contribution in [-0.4, -0.2) is 33.3 Å². The topological polar surface area (TPSA) is 44.8 Å². The van der Waals surface area contributed by atoms with E-state index in [0.717, 1.165) is 31.3 Å². The second kappa shape index (κ2) is 7.14. The first kappa shape index (κ1) is 19.4. The lowest BCUT2D eigenvalue weighted by atomic mass is 9.60. The molecule has 1 aliphatic carbocycles. The van der Waals surface area contributed by atoms with Crippen molar-refractivity contribution >= 4 is 14.3 Å². The summed E-state index contributed by atoms with van der Waals surface area (Å²) in [5.74, 6) is -0.764. The Balaban J connectivity index is 2.24. The van der Waals surface area contributed by atoms with E-state index in [1.165, 1.54) is 0 Å². The highest BCUT2D eigenvalue weighted by Crippen LogP contribution is 2.53. The minimum atomic E-state index is -1.94. The van der Waals surface area contributed by atoms with Gasteiger partial charge in [-0.05, 0) is 45.8 Å². The molecular formula is C19H32O4Si. The summed E-state index contributed by atoms with van der Waals surface area (Å²) < 4.78 is 17.6. The molecule has 5 heteroatoms. The Labute approximate surface area is 147 Å². The van der Waals surface area contributed by atoms with Crippen LogP contribution in [0.15, 0.2) is 24.8 Å². The highest BCUT2D eigenvalue weighted by molar-refractivity contribution is 6.71. The molecule has 24 heavy (non-hydrogen) atoms. The maximum absolute atomic E-state index is 12.9. The van der Waals surface area contributed by atoms with Crippen LogP contribution in [0.3, 0.4) is 0 Å². The first-order valence-corrected chi connectivity index (χ1v) is 12.3. The fraction of sp³-hybridized carbons (Fsp3) is 0.737. The molecule has 0 aromatic carbocycles. The molecule has 1 saturated carbocycles. The van der Waals surface area contributed by atoms with Crippen LogP contribution in [0, 0.1) is 11.3 Å². The monoisotopic (exact) mass is 352 g/mol. The molecule has 4 nitrogen and oxygen atoms in total. The number of rotatable bonds is 6. The molecular weight excluding hydrogens is 320 g/mol. The summed E-state index contributed by atoms with van der Waals surface area (Å²) in [6, 6.07) is 0. The lowest BCUT2D eigenvalue weighted by molar-refractivity contribution is -0.194. The fourth-order valence-corrected chi connectivity index (χ4v) is 4.77. The van der Waals surface area contributed by atoms with Crippen molar-refractivity contribution in [1.29, 1.82) is 0 Å². The zero-order valence-corrected chi connectivity index (χ0v) is 16.7. The Morgan fingerprint density at radius 1 is 1.21 bits per heavy atom. The van der Waals surface area contributed by atoms with Gasteiger partial charge in [0.15, 0.2) is 5.79 Å². The highest BCUT2D eigenvalue weighted by Gasteiger charge is 2.52. The van der Waals surface area contributed by atoms with Gasteiger partial charge in [-0.15, -0.1) is 6.58 Å². The molecule has 0 N–H and O–H groups in total. The number of hydrogen-bond acceptors (Lipinski definition) is 4. The minimum Gasteiger partial charge on any atom is -0.520 e. The molecule has 0 amide bonds. The summed E-state index contributed by atoms with van der Waals surface area (Å²) in [6.45, 7) is 17.6. The van der Waals surface area contributed by atoms with E-state index >= 15 is 0 Å². The summed E-state index contributed by atoms with van der Waals surface area (Å²) in [6.07, 6.45) is 5.71. The fourth-order valence-electron chi connectivity index (χ4n) is 4.02. The first-order valence-electron chi connectivity index (χ1n) is 8.92. The van der Waals surface area contributed by atoms with Gasteiger partial charge in [0.25, 0.3) is 5.97 Å². The lowest BCUT2D eigenvalue weighted by Crippen LogP contribution is -2.47. The van der Waals surface area contributed by atoms with Crippen molar-refractivity contribution < 1.29 is 18.7 Å². The molecule has 2 rings (SSSR count). The summed E-state index contributed by atoms with van der Waals surface area (Å²) in [4.78, 5) is 12.9. The average Bonchev–Trinajstić information content (AvgIpc) is 2.92. The predicted octanol–water partition coefficient (Wildman–Crippen LogP) is 4.44. The number of hydrogen-bond donors (Lipinski definition) is 0. The van der Waals surface area contributed by atoms with Crippen LogP contribution in [0.4, 0.5) is 0 Å². The van der Waals surface area contributed by atoms with Gasteiger partial charge in [-0.2, -0.15) is 0 Å². The van der Waals surface area contributed by atoms with Gasteiger partial charge in [-0.1, -0.05) is 18.2 Å². The molecule has 1 aliphatic heterocycles. The van der Waals surface area contributed by atoms with E-state index < -0.39 is 14.1 Å². The van der Waals surface area contributed by atoms with Gasteiger partial charge in [0.2, 0.25) is 8.32 Å². The molecule has 1 atom stereocenters. The lowest BCUT2D eigenvalue weighted by Gasteiger charge is -2.48. The smallest absolute Gasteiger partial charge is 0.296 e. The number of ether oxygens (including phenoxy) is 2. The third kappa shape index (κ3) is 4.01. The molecule has 2 fully saturated rings. The molecule has 1 heterocycles. The second-order valence-corrected chi connectivity index (χ2v) is 12.6. The number of carbonyl (C=O) groups excluding carboxylic acids is 1. The Morgan fingerprint density at radius 3 is 2.17 bits per heavy atom. The minimum absolute atomic E-state index is 0.0960. The summed E-state index contributed by atoms with van der Waals surface area (Å²) in [5.41, 5.74) is 0.792. The normalized spacial score (nSPS) is 23.7. The molecule has 2 aliphatic rings. The van der Waals surface area contributed by atoms with Crippen molar-refractivity contribution in [3.63, 3.8) is 0 Å². The van der Waals surface area contributed by atoms with Crippen molar-refractivity contribution in [2.24, 2.45) is 11.3 Å². The molecule has 1 spiro atoms. The Hall–Kier alpha value is -0.913. The van der Waals surface area contributed by atoms with Crippen LogP contribution in [0.25, 0.3) is 0 Å². The van der Waals surface area contributed by atoms with Crippen molar-refractivity contribution in [3.05, 3.63) is 24.8 Å². The SMILES string of the molecule is C=CCC(C(=O)O[Si](C)(C)C)C1(C(=C)C)CCC2(CC1)OCCO2. The highest BCUT2D eigenvalue weighted by atomic mass is 28.4. The van der Waals surface area contributed by atoms with Crippen LogP contribution in [0.1, 0.15) is 39.0 Å². The Bertz CT molecular complexity index is 490. The zero-order chi connectivity index (χ0) is 18.0. The third-order valence-electron chi connectivity index (χ3n) is 5.33. The van der Waals surface area contributed by atoms with Crippen LogP contribution in [0.5, 0.6) is 0 Å². The van der Waals surface area contributed by atoms with E-state index in [1.807, 2.05) is 32.6 Å². The van der Waals surface area contributed by atoms with Crippen LogP contribution in [0.2, 0.25) is 19.6 Å². The van der Waals surface area contributed by atoms with E-state index in [-0.39, 0.29) is 17.3 Å². The van der Waals surface area contributed by atoms with Crippen LogP contribution >= 0.6 is 0 Å². The van der Waals surface area contributed by atoms with E-state index in [2.05, 4.69) is 13.2 Å². The van der Waals surface area contributed by atoms with E-state index in [4.69, 9.17) is 13.9 Å². The molecule has 0 aromatic heterocycles. The average molecular weight is 353 g/mol. The summed E-state index contributed by atoms with van der Waals surface area (Å²) in [7, 11) is -1.94. The first-order chi connectivity index (χ1) is 11.1. The van der Waals surface area contributed by atoms with Crippen LogP contribution in [-0.2, 0) is 18.7 Å². The molecule has 1 saturated heterocycles. The summed E-state index contributed by atoms with van der Waals surface area (Å²) >= 11 is 0. The molecule has 0 aromatic rings. The predicted molar refractivity (Wildman–Crippen MR) is 98.1 cm³/mol. The van der Waals surface area contributed by atoms with Crippen LogP contribution < -0.4 is 0 Å². The zero-order valence-electron chi connectivity index (χ0n) is 15.7. The van der Waals surface area contributed by atoms with E-state index in [9.17, 15) is 4.79 Å². The van der Waals surface area contributed by atoms with Gasteiger partial charge in [0.1, 0.15) is 0 Å². The quantitative estimate of drug-likeness (QED) is 0.524. The standard InChI is InChI=1S/C19H32O4Si/c1-7-8-16(17(20)23-24(4,5)6)18(15(2)3)9-11-19(12-10-18)21-13-14-22-19/h7,16H,1-2,8-14H2,3-6H3. The van der Waals surface area contributed by atoms with Gasteiger partial charge in [-0.3, -0.25) is 4.79 Å². The molecule has 0 bridgehead atoms. The van der Waals surface area contributed by atoms with Crippen molar-refractivity contribution in [2.45, 2.75) is 64.5 Å². The van der Waals surface area contributed by atoms with Gasteiger partial charge < -0.3 is 13.9 Å². The number of carbonyl (C=O) groups is 1. The maximum Gasteiger partial charge on any atom is 0.296 e. The maximum atomic E-state index is 12.9. The number of allylic oxidation sites excluding steroid dienone is 2. The second-order valence-electron chi connectivity index (χ2n) is 8.15. The van der Waals surface area contributed by atoms with Crippen molar-refractivity contribution in [1.82, 2.24) is 0 Å². The van der Waals surface area contributed by atoms with Gasteiger partial charge in [0, 0.05) is 18.3 Å². The van der Waals surface area contributed by atoms with E-state index in [1.54, 1.807) is 0 Å². The van der Waals surface area contributed by atoms with E-state index in [0.29, 0.717) is 19.6 Å². The Kier molecular flexibility index (Phi) is 5.78. The van der Waals surface area contributed by atoms with Gasteiger partial charge in [0.05, 0.1) is 19.1 Å². The summed E-state index contributed by atoms with van der Waals surface area (Å²) in [5, 5.41) is 0. The van der Waals surface area contributed by atoms with Gasteiger partial charge >= 0.3 is 0 Å². The third-order valence-corrected chi connectivity index (χ3v) is 6.14. The van der Waals surface area contributed by atoms with Crippen molar-refractivity contribution in [2.75, 3.05) is 13.2 Å². The largest absolute Gasteiger partial charge is 0.520 e.